The van der Waals surface area contributed by atoms with Crippen LogP contribution < -0.4 is 4.72 Å². The lowest BCUT2D eigenvalue weighted by molar-refractivity contribution is 0.603. The van der Waals surface area contributed by atoms with Crippen LogP contribution in [0.15, 0.2) is 38.3 Å². The van der Waals surface area contributed by atoms with Crippen molar-refractivity contribution >= 4 is 65.6 Å². The molecule has 1 heterocycles. The first-order valence-electron chi connectivity index (χ1n) is 4.62. The van der Waals surface area contributed by atoms with Crippen LogP contribution in [0, 0.1) is 9.39 Å². The van der Waals surface area contributed by atoms with Gasteiger partial charge in [0.05, 0.1) is 9.47 Å². The molecule has 2 aromatic rings. The van der Waals surface area contributed by atoms with E-state index in [0.29, 0.717) is 9.26 Å². The van der Waals surface area contributed by atoms with Gasteiger partial charge in [-0.25, -0.2) is 12.8 Å². The summed E-state index contributed by atoms with van der Waals surface area (Å²) in [5.74, 6) is -0.402. The van der Waals surface area contributed by atoms with E-state index in [9.17, 15) is 12.8 Å². The van der Waals surface area contributed by atoms with Gasteiger partial charge in [0.2, 0.25) is 0 Å². The van der Waals surface area contributed by atoms with Crippen LogP contribution in [0.1, 0.15) is 0 Å². The van der Waals surface area contributed by atoms with Crippen LogP contribution in [0.4, 0.5) is 10.1 Å². The fourth-order valence-corrected chi connectivity index (χ4v) is 5.09. The highest BCUT2D eigenvalue weighted by molar-refractivity contribution is 14.1. The number of rotatable bonds is 3. The smallest absolute Gasteiger partial charge is 0.271 e. The number of benzene rings is 1. The van der Waals surface area contributed by atoms with E-state index in [1.807, 2.05) is 22.6 Å². The van der Waals surface area contributed by atoms with Gasteiger partial charge in [-0.1, -0.05) is 0 Å². The summed E-state index contributed by atoms with van der Waals surface area (Å²) in [7, 11) is -3.62. The maximum atomic E-state index is 12.9. The molecule has 18 heavy (non-hydrogen) atoms. The maximum Gasteiger partial charge on any atom is 0.271 e. The van der Waals surface area contributed by atoms with Crippen molar-refractivity contribution in [3.05, 3.63) is 43.5 Å². The molecule has 1 aromatic carbocycles. The third-order valence-corrected chi connectivity index (χ3v) is 6.36. The largest absolute Gasteiger partial charge is 0.278 e. The maximum absolute atomic E-state index is 12.9. The first-order valence-corrected chi connectivity index (χ1v) is 8.79. The van der Waals surface area contributed by atoms with Crippen molar-refractivity contribution in [3.63, 3.8) is 0 Å². The average Bonchev–Trinajstić information content (AvgIpc) is 2.70. The van der Waals surface area contributed by atoms with Gasteiger partial charge in [0.25, 0.3) is 10.0 Å². The molecule has 8 heteroatoms. The van der Waals surface area contributed by atoms with Crippen molar-refractivity contribution < 1.29 is 12.8 Å². The van der Waals surface area contributed by atoms with Gasteiger partial charge >= 0.3 is 0 Å². The summed E-state index contributed by atoms with van der Waals surface area (Å²) in [4.78, 5) is 0. The predicted octanol–water partition coefficient (Wildman–Crippen LogP) is 4.06. The second kappa shape index (κ2) is 5.43. The van der Waals surface area contributed by atoms with Crippen LogP contribution in [0.2, 0.25) is 0 Å². The third kappa shape index (κ3) is 3.22. The van der Waals surface area contributed by atoms with Gasteiger partial charge in [-0.15, -0.1) is 11.3 Å². The summed E-state index contributed by atoms with van der Waals surface area (Å²) < 4.78 is 40.9. The van der Waals surface area contributed by atoms with Gasteiger partial charge in [0.15, 0.2) is 0 Å². The molecule has 0 unspecified atom stereocenters. The lowest BCUT2D eigenvalue weighted by atomic mass is 10.3. The molecule has 0 bridgehead atoms. The lowest BCUT2D eigenvalue weighted by Crippen LogP contribution is -2.12. The van der Waals surface area contributed by atoms with Crippen molar-refractivity contribution in [1.29, 1.82) is 0 Å². The molecule has 0 spiro atoms. The number of thiophene rings is 1. The predicted molar refractivity (Wildman–Crippen MR) is 81.9 cm³/mol. The van der Waals surface area contributed by atoms with E-state index in [-0.39, 0.29) is 4.21 Å². The topological polar surface area (TPSA) is 46.2 Å². The minimum atomic E-state index is -3.62. The van der Waals surface area contributed by atoms with Crippen LogP contribution in [0.3, 0.4) is 0 Å². The molecule has 0 aliphatic rings. The number of anilines is 1. The highest BCUT2D eigenvalue weighted by Crippen LogP contribution is 2.29. The van der Waals surface area contributed by atoms with Crippen molar-refractivity contribution in [3.8, 4) is 0 Å². The molecular weight excluding hydrogens is 456 g/mol. The lowest BCUT2D eigenvalue weighted by Gasteiger charge is -2.08. The van der Waals surface area contributed by atoms with Gasteiger partial charge < -0.3 is 0 Å². The molecule has 0 atom stereocenters. The van der Waals surface area contributed by atoms with Gasteiger partial charge in [-0.2, -0.15) is 0 Å². The SMILES string of the molecule is O=S(=O)(Nc1ccc(F)cc1I)c1ccc(Br)s1. The molecule has 0 fully saturated rings. The zero-order valence-corrected chi connectivity index (χ0v) is 14.0. The minimum Gasteiger partial charge on any atom is -0.278 e. The molecule has 1 N–H and O–H groups in total. The molecule has 0 radical (unpaired) electrons. The Morgan fingerprint density at radius 3 is 2.56 bits per heavy atom. The molecule has 96 valence electrons. The highest BCUT2D eigenvalue weighted by atomic mass is 127. The quantitative estimate of drug-likeness (QED) is 0.700. The molecule has 0 aliphatic heterocycles. The van der Waals surface area contributed by atoms with Crippen LogP contribution >= 0.6 is 49.9 Å². The summed E-state index contributed by atoms with van der Waals surface area (Å²) in [5.41, 5.74) is 0.363. The van der Waals surface area contributed by atoms with Crippen LogP contribution in [-0.2, 0) is 10.0 Å². The summed E-state index contributed by atoms with van der Waals surface area (Å²) in [6, 6.07) is 7.05. The Balaban J connectivity index is 2.33. The minimum absolute atomic E-state index is 0.203. The van der Waals surface area contributed by atoms with Crippen molar-refractivity contribution in [1.82, 2.24) is 0 Å². The Labute approximate surface area is 130 Å². The summed E-state index contributed by atoms with van der Waals surface area (Å²) in [6.07, 6.45) is 0. The molecular formula is C10H6BrFINO2S2. The highest BCUT2D eigenvalue weighted by Gasteiger charge is 2.17. The Bertz CT molecular complexity index is 687. The molecule has 1 aromatic heterocycles. The Morgan fingerprint density at radius 1 is 1.28 bits per heavy atom. The van der Waals surface area contributed by atoms with E-state index in [0.717, 1.165) is 15.1 Å². The number of hydrogen-bond acceptors (Lipinski definition) is 3. The standard InChI is InChI=1S/C10H6BrFINO2S2/c11-9-3-4-10(17-9)18(15,16)14-8-2-1-6(12)5-7(8)13/h1-5,14H. The summed E-state index contributed by atoms with van der Waals surface area (Å²) >= 11 is 6.20. The van der Waals surface area contributed by atoms with Gasteiger partial charge in [0, 0.05) is 3.57 Å². The average molecular weight is 462 g/mol. The van der Waals surface area contributed by atoms with E-state index in [2.05, 4.69) is 20.7 Å². The molecule has 0 aliphatic carbocycles. The molecule has 3 nitrogen and oxygen atoms in total. The van der Waals surface area contributed by atoms with E-state index in [1.165, 1.54) is 24.3 Å². The van der Waals surface area contributed by atoms with E-state index < -0.39 is 15.8 Å². The second-order valence-electron chi connectivity index (χ2n) is 3.29. The number of halogens is 3. The summed E-state index contributed by atoms with van der Waals surface area (Å²) in [6.45, 7) is 0. The third-order valence-electron chi connectivity index (χ3n) is 1.99. The molecule has 0 saturated carbocycles. The van der Waals surface area contributed by atoms with Crippen molar-refractivity contribution in [2.24, 2.45) is 0 Å². The Kier molecular flexibility index (Phi) is 4.29. The van der Waals surface area contributed by atoms with Crippen molar-refractivity contribution in [2.75, 3.05) is 4.72 Å². The van der Waals surface area contributed by atoms with Crippen LogP contribution in [0.5, 0.6) is 0 Å². The second-order valence-corrected chi connectivity index (χ2v) is 8.82. The normalized spacial score (nSPS) is 11.5. The van der Waals surface area contributed by atoms with E-state index in [1.54, 1.807) is 6.07 Å². The van der Waals surface area contributed by atoms with Gasteiger partial charge in [-0.3, -0.25) is 4.72 Å². The monoisotopic (exact) mass is 461 g/mol. The number of sulfonamides is 1. The Morgan fingerprint density at radius 2 is 2.00 bits per heavy atom. The van der Waals surface area contributed by atoms with Crippen molar-refractivity contribution in [2.45, 2.75) is 4.21 Å². The zero-order chi connectivity index (χ0) is 13.3. The summed E-state index contributed by atoms with van der Waals surface area (Å²) in [5, 5.41) is 0. The first-order chi connectivity index (χ1) is 8.38. The van der Waals surface area contributed by atoms with Crippen LogP contribution in [-0.4, -0.2) is 8.42 Å². The van der Waals surface area contributed by atoms with E-state index >= 15 is 0 Å². The van der Waals surface area contributed by atoms with Crippen LogP contribution in [0.25, 0.3) is 0 Å². The number of nitrogens with one attached hydrogen (secondary N) is 1. The van der Waals surface area contributed by atoms with Gasteiger partial charge in [-0.05, 0) is 68.9 Å². The fraction of sp³-hybridized carbons (Fsp3) is 0. The zero-order valence-electron chi connectivity index (χ0n) is 8.65. The number of hydrogen-bond donors (Lipinski definition) is 1. The van der Waals surface area contributed by atoms with Gasteiger partial charge in [0.1, 0.15) is 10.0 Å². The van der Waals surface area contributed by atoms with E-state index in [4.69, 9.17) is 0 Å². The fourth-order valence-electron chi connectivity index (χ4n) is 1.21. The first kappa shape index (κ1) is 14.2. The molecule has 0 amide bonds. The molecule has 0 saturated heterocycles. The molecule has 2 rings (SSSR count). The Hall–Kier alpha value is -0.190.